The van der Waals surface area contributed by atoms with Gasteiger partial charge >= 0.3 is 0 Å². The Kier molecular flexibility index (Phi) is 5.13. The van der Waals surface area contributed by atoms with E-state index in [0.717, 1.165) is 33.7 Å². The molecule has 5 aromatic rings. The number of pyridine rings is 1. The molecule has 0 bridgehead atoms. The molecule has 0 spiro atoms. The summed E-state index contributed by atoms with van der Waals surface area (Å²) in [6.45, 7) is 4.02. The predicted octanol–water partition coefficient (Wildman–Crippen LogP) is 5.44. The monoisotopic (exact) mass is 433 g/mol. The number of rotatable bonds is 5. The Labute approximate surface area is 189 Å². The van der Waals surface area contributed by atoms with Crippen LogP contribution in [0.2, 0.25) is 0 Å². The van der Waals surface area contributed by atoms with E-state index in [4.69, 9.17) is 10.00 Å². The van der Waals surface area contributed by atoms with Crippen molar-refractivity contribution in [1.29, 1.82) is 5.26 Å². The van der Waals surface area contributed by atoms with Crippen LogP contribution in [0.1, 0.15) is 16.7 Å². The Bertz CT molecular complexity index is 1460. The standard InChI is InChI=1S/C25H19N7O/c1-15-11-19(18-7-9-27-10-8-18)12-16(2)22(15)33-24-21-14-28-32-23(21)30-25(31-24)29-20-5-3-17(13-26)4-6-20/h3-12,14H,1-2H3,(H2,28,29,30,31,32). The first kappa shape index (κ1) is 20.2. The minimum absolute atomic E-state index is 0.357. The summed E-state index contributed by atoms with van der Waals surface area (Å²) in [5.41, 5.74) is 6.05. The summed E-state index contributed by atoms with van der Waals surface area (Å²) < 4.78 is 6.31. The number of aryl methyl sites for hydroxylation is 2. The molecule has 3 heterocycles. The summed E-state index contributed by atoms with van der Waals surface area (Å²) in [5.74, 6) is 1.49. The lowest BCUT2D eigenvalue weighted by molar-refractivity contribution is 0.462. The molecule has 0 aliphatic carbocycles. The van der Waals surface area contributed by atoms with Gasteiger partial charge in [0.1, 0.15) is 11.1 Å². The molecule has 0 radical (unpaired) electrons. The topological polar surface area (TPSA) is 112 Å². The number of benzene rings is 2. The first-order chi connectivity index (χ1) is 16.1. The van der Waals surface area contributed by atoms with Gasteiger partial charge < -0.3 is 10.1 Å². The van der Waals surface area contributed by atoms with Gasteiger partial charge in [-0.25, -0.2) is 0 Å². The van der Waals surface area contributed by atoms with Crippen molar-refractivity contribution in [1.82, 2.24) is 25.1 Å². The van der Waals surface area contributed by atoms with E-state index in [0.29, 0.717) is 28.4 Å². The zero-order valence-corrected chi connectivity index (χ0v) is 18.0. The smallest absolute Gasteiger partial charge is 0.235 e. The van der Waals surface area contributed by atoms with Gasteiger partial charge in [-0.3, -0.25) is 10.1 Å². The highest BCUT2D eigenvalue weighted by Crippen LogP contribution is 2.35. The lowest BCUT2D eigenvalue weighted by atomic mass is 10.0. The van der Waals surface area contributed by atoms with Crippen LogP contribution in [0, 0.1) is 25.2 Å². The first-order valence-corrected chi connectivity index (χ1v) is 10.3. The predicted molar refractivity (Wildman–Crippen MR) is 125 cm³/mol. The molecule has 5 rings (SSSR count). The average molecular weight is 433 g/mol. The summed E-state index contributed by atoms with van der Waals surface area (Å²) in [4.78, 5) is 13.2. The number of nitriles is 1. The van der Waals surface area contributed by atoms with Crippen LogP contribution in [0.5, 0.6) is 11.6 Å². The summed E-state index contributed by atoms with van der Waals surface area (Å²) in [5, 5.41) is 19.8. The number of nitrogens with one attached hydrogen (secondary N) is 2. The minimum Gasteiger partial charge on any atom is -0.437 e. The van der Waals surface area contributed by atoms with E-state index >= 15 is 0 Å². The molecule has 3 aromatic heterocycles. The lowest BCUT2D eigenvalue weighted by Crippen LogP contribution is -2.01. The van der Waals surface area contributed by atoms with Crippen LogP contribution in [0.4, 0.5) is 11.6 Å². The maximum atomic E-state index is 8.99. The molecule has 0 saturated heterocycles. The first-order valence-electron chi connectivity index (χ1n) is 10.3. The SMILES string of the molecule is Cc1cc(-c2ccncc2)cc(C)c1Oc1nc(Nc2ccc(C#N)cc2)nc2[nH]ncc12. The van der Waals surface area contributed by atoms with Gasteiger partial charge in [0, 0.05) is 18.1 Å². The van der Waals surface area contributed by atoms with Crippen LogP contribution in [0.3, 0.4) is 0 Å². The number of nitrogens with zero attached hydrogens (tertiary/aromatic N) is 5. The summed E-state index contributed by atoms with van der Waals surface area (Å²) in [6.07, 6.45) is 5.21. The molecule has 8 heteroatoms. The van der Waals surface area contributed by atoms with Crippen molar-refractivity contribution in [3.63, 3.8) is 0 Å². The number of fused-ring (bicyclic) bond motifs is 1. The van der Waals surface area contributed by atoms with Gasteiger partial charge in [-0.1, -0.05) is 0 Å². The highest BCUT2D eigenvalue weighted by Gasteiger charge is 2.15. The van der Waals surface area contributed by atoms with E-state index in [1.165, 1.54) is 0 Å². The molecule has 8 nitrogen and oxygen atoms in total. The number of hydrogen-bond acceptors (Lipinski definition) is 7. The maximum Gasteiger partial charge on any atom is 0.235 e. The molecule has 2 aromatic carbocycles. The van der Waals surface area contributed by atoms with Crippen LogP contribution in [0.25, 0.3) is 22.2 Å². The molecule has 0 unspecified atom stereocenters. The Hall–Kier alpha value is -4.77. The zero-order valence-electron chi connectivity index (χ0n) is 18.0. The number of ether oxygens (including phenoxy) is 1. The molecule has 0 aliphatic rings. The Balaban J connectivity index is 1.50. The van der Waals surface area contributed by atoms with Crippen molar-refractivity contribution in [3.8, 4) is 28.8 Å². The Morgan fingerprint density at radius 1 is 0.939 bits per heavy atom. The molecule has 0 atom stereocenters. The highest BCUT2D eigenvalue weighted by atomic mass is 16.5. The van der Waals surface area contributed by atoms with Crippen molar-refractivity contribution in [2.24, 2.45) is 0 Å². The highest BCUT2D eigenvalue weighted by molar-refractivity contribution is 5.81. The van der Waals surface area contributed by atoms with E-state index < -0.39 is 0 Å². The largest absolute Gasteiger partial charge is 0.437 e. The van der Waals surface area contributed by atoms with Crippen molar-refractivity contribution in [2.45, 2.75) is 13.8 Å². The second-order valence-electron chi connectivity index (χ2n) is 7.58. The fourth-order valence-corrected chi connectivity index (χ4v) is 3.62. The number of aromatic nitrogens is 5. The van der Waals surface area contributed by atoms with E-state index in [1.54, 1.807) is 42.9 Å². The van der Waals surface area contributed by atoms with Gasteiger partial charge in [-0.15, -0.1) is 0 Å². The molecular weight excluding hydrogens is 414 g/mol. The van der Waals surface area contributed by atoms with Crippen molar-refractivity contribution in [2.75, 3.05) is 5.32 Å². The number of hydrogen-bond donors (Lipinski definition) is 2. The van der Waals surface area contributed by atoms with E-state index in [9.17, 15) is 0 Å². The van der Waals surface area contributed by atoms with Crippen molar-refractivity contribution >= 4 is 22.7 Å². The van der Waals surface area contributed by atoms with Crippen molar-refractivity contribution < 1.29 is 4.74 Å². The van der Waals surface area contributed by atoms with Crippen LogP contribution in [-0.4, -0.2) is 25.1 Å². The summed E-state index contributed by atoms with van der Waals surface area (Å²) in [7, 11) is 0. The van der Waals surface area contributed by atoms with Gasteiger partial charge in [0.05, 0.1) is 17.8 Å². The molecule has 33 heavy (non-hydrogen) atoms. The molecule has 0 saturated carbocycles. The molecule has 0 amide bonds. The van der Waals surface area contributed by atoms with Gasteiger partial charge in [-0.2, -0.15) is 20.3 Å². The Morgan fingerprint density at radius 2 is 1.67 bits per heavy atom. The fraction of sp³-hybridized carbons (Fsp3) is 0.0800. The van der Waals surface area contributed by atoms with Crippen LogP contribution in [0.15, 0.2) is 67.1 Å². The van der Waals surface area contributed by atoms with Gasteiger partial charge in [0.25, 0.3) is 0 Å². The van der Waals surface area contributed by atoms with E-state index in [1.807, 2.05) is 26.0 Å². The van der Waals surface area contributed by atoms with Gasteiger partial charge in [0.2, 0.25) is 11.8 Å². The number of anilines is 2. The van der Waals surface area contributed by atoms with Crippen LogP contribution >= 0.6 is 0 Å². The van der Waals surface area contributed by atoms with Crippen LogP contribution in [-0.2, 0) is 0 Å². The third-order valence-electron chi connectivity index (χ3n) is 5.22. The third kappa shape index (κ3) is 4.07. The van der Waals surface area contributed by atoms with Crippen LogP contribution < -0.4 is 10.1 Å². The maximum absolute atomic E-state index is 8.99. The summed E-state index contributed by atoms with van der Waals surface area (Å²) >= 11 is 0. The lowest BCUT2D eigenvalue weighted by Gasteiger charge is -2.14. The van der Waals surface area contributed by atoms with Gasteiger partial charge in [-0.05, 0) is 84.6 Å². The van der Waals surface area contributed by atoms with E-state index in [-0.39, 0.29) is 0 Å². The van der Waals surface area contributed by atoms with Gasteiger partial charge in [0.15, 0.2) is 5.65 Å². The molecule has 0 aliphatic heterocycles. The minimum atomic E-state index is 0.357. The third-order valence-corrected chi connectivity index (χ3v) is 5.22. The second-order valence-corrected chi connectivity index (χ2v) is 7.58. The summed E-state index contributed by atoms with van der Waals surface area (Å²) in [6, 6.07) is 17.3. The van der Waals surface area contributed by atoms with Crippen molar-refractivity contribution in [3.05, 3.63) is 83.8 Å². The molecular formula is C25H19N7O. The normalized spacial score (nSPS) is 10.7. The Morgan fingerprint density at radius 3 is 2.36 bits per heavy atom. The number of aromatic amines is 1. The fourth-order valence-electron chi connectivity index (χ4n) is 3.62. The molecule has 160 valence electrons. The zero-order chi connectivity index (χ0) is 22.8. The number of H-pyrrole nitrogens is 1. The molecule has 2 N–H and O–H groups in total. The van der Waals surface area contributed by atoms with E-state index in [2.05, 4.69) is 48.7 Å². The molecule has 0 fully saturated rings. The second kappa shape index (κ2) is 8.40. The average Bonchev–Trinajstić information content (AvgIpc) is 3.31. The quantitative estimate of drug-likeness (QED) is 0.379.